The molecule has 0 bridgehead atoms. The van der Waals surface area contributed by atoms with Crippen LogP contribution in [0.5, 0.6) is 0 Å². The number of ether oxygens (including phenoxy) is 1. The second-order valence-electron chi connectivity index (χ2n) is 5.06. The number of amides is 3. The monoisotopic (exact) mass is 310 g/mol. The third-order valence-electron chi connectivity index (χ3n) is 3.56. The number of aryl methyl sites for hydroxylation is 1. The fourth-order valence-corrected chi connectivity index (χ4v) is 3.53. The van der Waals surface area contributed by atoms with E-state index in [1.165, 1.54) is 21.8 Å². The van der Waals surface area contributed by atoms with E-state index in [9.17, 15) is 14.4 Å². The van der Waals surface area contributed by atoms with E-state index < -0.39 is 24.5 Å². The van der Waals surface area contributed by atoms with Crippen molar-refractivity contribution in [2.75, 3.05) is 6.61 Å². The van der Waals surface area contributed by atoms with Gasteiger partial charge in [-0.05, 0) is 36.8 Å². The number of carbonyl (C=O) groups is 3. The summed E-state index contributed by atoms with van der Waals surface area (Å²) in [6.07, 6.45) is 4.29. The number of nitrogens with two attached hydrogens (primary N) is 1. The minimum absolute atomic E-state index is 0.503. The van der Waals surface area contributed by atoms with E-state index in [1.54, 1.807) is 0 Å². The van der Waals surface area contributed by atoms with E-state index in [1.807, 2.05) is 11.4 Å². The molecule has 0 saturated carbocycles. The molecule has 0 aromatic carbocycles. The first-order valence-corrected chi connectivity index (χ1v) is 7.69. The predicted molar refractivity (Wildman–Crippen MR) is 78.1 cm³/mol. The third kappa shape index (κ3) is 4.04. The summed E-state index contributed by atoms with van der Waals surface area (Å²) in [5.41, 5.74) is 6.01. The van der Waals surface area contributed by atoms with E-state index in [0.717, 1.165) is 25.7 Å². The van der Waals surface area contributed by atoms with Crippen molar-refractivity contribution in [2.45, 2.75) is 32.6 Å². The van der Waals surface area contributed by atoms with Gasteiger partial charge in [0.05, 0.1) is 0 Å². The van der Waals surface area contributed by atoms with Crippen LogP contribution in [0.1, 0.15) is 39.9 Å². The molecule has 114 valence electrons. The van der Waals surface area contributed by atoms with Crippen LogP contribution < -0.4 is 11.1 Å². The first-order chi connectivity index (χ1) is 9.99. The van der Waals surface area contributed by atoms with Gasteiger partial charge in [0, 0.05) is 4.88 Å². The summed E-state index contributed by atoms with van der Waals surface area (Å²) in [7, 11) is 0. The standard InChI is InChI=1S/C14H18N2O4S/c1-2-8-3-4-10-9(5-8)6-11(21-10)13(18)20-7-12(17)16-14(15)19/h6,8H,2-5,7H2,1H3,(H3,15,16,17,19)/t8-/m0/s1. The Morgan fingerprint density at radius 2 is 2.24 bits per heavy atom. The molecular weight excluding hydrogens is 292 g/mol. The van der Waals surface area contributed by atoms with Crippen LogP contribution in [-0.2, 0) is 22.4 Å². The van der Waals surface area contributed by atoms with E-state index in [-0.39, 0.29) is 0 Å². The van der Waals surface area contributed by atoms with Crippen LogP contribution in [0, 0.1) is 5.92 Å². The SMILES string of the molecule is CC[C@H]1CCc2sc(C(=O)OCC(=O)NC(N)=O)cc2C1. The van der Waals surface area contributed by atoms with Crippen molar-refractivity contribution in [2.24, 2.45) is 11.7 Å². The molecule has 1 aromatic rings. The van der Waals surface area contributed by atoms with Gasteiger partial charge in [0.15, 0.2) is 6.61 Å². The van der Waals surface area contributed by atoms with E-state index in [0.29, 0.717) is 10.8 Å². The molecule has 1 aliphatic carbocycles. The van der Waals surface area contributed by atoms with Gasteiger partial charge in [-0.25, -0.2) is 9.59 Å². The molecule has 0 radical (unpaired) electrons. The molecule has 6 nitrogen and oxygen atoms in total. The molecule has 3 N–H and O–H groups in total. The zero-order valence-electron chi connectivity index (χ0n) is 11.8. The first kappa shape index (κ1) is 15.5. The zero-order valence-corrected chi connectivity index (χ0v) is 12.6. The quantitative estimate of drug-likeness (QED) is 0.825. The molecule has 1 aromatic heterocycles. The highest BCUT2D eigenvalue weighted by Gasteiger charge is 2.23. The van der Waals surface area contributed by atoms with Crippen LogP contribution in [0.4, 0.5) is 4.79 Å². The Labute approximate surface area is 126 Å². The van der Waals surface area contributed by atoms with E-state index in [2.05, 4.69) is 6.92 Å². The molecule has 21 heavy (non-hydrogen) atoms. The van der Waals surface area contributed by atoms with Crippen molar-refractivity contribution >= 4 is 29.2 Å². The lowest BCUT2D eigenvalue weighted by Crippen LogP contribution is -2.37. The number of fused-ring (bicyclic) bond motifs is 1. The van der Waals surface area contributed by atoms with Gasteiger partial charge in [0.1, 0.15) is 4.88 Å². The highest BCUT2D eigenvalue weighted by atomic mass is 32.1. The number of esters is 1. The lowest BCUT2D eigenvalue weighted by atomic mass is 9.87. The van der Waals surface area contributed by atoms with Crippen molar-refractivity contribution in [3.8, 4) is 0 Å². The molecule has 1 atom stereocenters. The number of thiophene rings is 1. The third-order valence-corrected chi connectivity index (χ3v) is 4.78. The summed E-state index contributed by atoms with van der Waals surface area (Å²) in [6, 6.07) is 0.893. The number of imide groups is 1. The van der Waals surface area contributed by atoms with Crippen LogP contribution in [0.25, 0.3) is 0 Å². The average Bonchev–Trinajstić information content (AvgIpc) is 2.86. The molecule has 2 rings (SSSR count). The first-order valence-electron chi connectivity index (χ1n) is 6.87. The van der Waals surface area contributed by atoms with Gasteiger partial charge in [0.25, 0.3) is 5.91 Å². The van der Waals surface area contributed by atoms with Crippen molar-refractivity contribution < 1.29 is 19.1 Å². The minimum atomic E-state index is -0.965. The zero-order chi connectivity index (χ0) is 15.4. The summed E-state index contributed by atoms with van der Waals surface area (Å²) in [5, 5.41) is 1.84. The van der Waals surface area contributed by atoms with E-state index >= 15 is 0 Å². The Hall–Kier alpha value is -1.89. The lowest BCUT2D eigenvalue weighted by Gasteiger charge is -2.19. The Balaban J connectivity index is 1.93. The summed E-state index contributed by atoms with van der Waals surface area (Å²) >= 11 is 1.42. The number of nitrogens with one attached hydrogen (secondary N) is 1. The topological polar surface area (TPSA) is 98.5 Å². The van der Waals surface area contributed by atoms with Gasteiger partial charge in [-0.3, -0.25) is 10.1 Å². The van der Waals surface area contributed by atoms with Crippen LogP contribution in [0.3, 0.4) is 0 Å². The Morgan fingerprint density at radius 1 is 1.48 bits per heavy atom. The highest BCUT2D eigenvalue weighted by molar-refractivity contribution is 7.14. The molecule has 0 aliphatic heterocycles. The van der Waals surface area contributed by atoms with Crippen LogP contribution in [0.15, 0.2) is 6.07 Å². The minimum Gasteiger partial charge on any atom is -0.451 e. The fraction of sp³-hybridized carbons (Fsp3) is 0.500. The summed E-state index contributed by atoms with van der Waals surface area (Å²) < 4.78 is 4.87. The largest absolute Gasteiger partial charge is 0.451 e. The van der Waals surface area contributed by atoms with Crippen LogP contribution in [0.2, 0.25) is 0 Å². The van der Waals surface area contributed by atoms with Gasteiger partial charge in [0.2, 0.25) is 0 Å². The number of urea groups is 1. The Morgan fingerprint density at radius 3 is 2.90 bits per heavy atom. The molecule has 0 spiro atoms. The van der Waals surface area contributed by atoms with E-state index in [4.69, 9.17) is 10.5 Å². The number of carbonyl (C=O) groups excluding carboxylic acids is 3. The van der Waals surface area contributed by atoms with Gasteiger partial charge >= 0.3 is 12.0 Å². The fourth-order valence-electron chi connectivity index (χ4n) is 2.42. The van der Waals surface area contributed by atoms with Gasteiger partial charge in [-0.15, -0.1) is 11.3 Å². The summed E-state index contributed by atoms with van der Waals surface area (Å²) in [5.74, 6) is -0.595. The second kappa shape index (κ2) is 6.71. The second-order valence-corrected chi connectivity index (χ2v) is 6.20. The Bertz CT molecular complexity index is 567. The normalized spacial score (nSPS) is 16.9. The molecule has 1 heterocycles. The number of primary amides is 1. The maximum Gasteiger partial charge on any atom is 0.348 e. The Kier molecular flexibility index (Phi) is 4.95. The summed E-state index contributed by atoms with van der Waals surface area (Å²) in [6.45, 7) is 1.66. The van der Waals surface area contributed by atoms with Gasteiger partial charge in [-0.1, -0.05) is 13.3 Å². The molecule has 7 heteroatoms. The maximum absolute atomic E-state index is 11.9. The van der Waals surface area contributed by atoms with Crippen molar-refractivity contribution in [3.63, 3.8) is 0 Å². The van der Waals surface area contributed by atoms with Crippen molar-refractivity contribution in [1.82, 2.24) is 5.32 Å². The highest BCUT2D eigenvalue weighted by Crippen LogP contribution is 2.33. The predicted octanol–water partition coefficient (Wildman–Crippen LogP) is 1.61. The smallest absolute Gasteiger partial charge is 0.348 e. The van der Waals surface area contributed by atoms with Crippen LogP contribution in [-0.4, -0.2) is 24.5 Å². The van der Waals surface area contributed by atoms with Crippen molar-refractivity contribution in [3.05, 3.63) is 21.4 Å². The average molecular weight is 310 g/mol. The van der Waals surface area contributed by atoms with Crippen molar-refractivity contribution in [1.29, 1.82) is 0 Å². The molecular formula is C14H18N2O4S. The molecule has 1 aliphatic rings. The van der Waals surface area contributed by atoms with Gasteiger partial charge in [-0.2, -0.15) is 0 Å². The van der Waals surface area contributed by atoms with Gasteiger partial charge < -0.3 is 10.5 Å². The van der Waals surface area contributed by atoms with Crippen LogP contribution >= 0.6 is 11.3 Å². The maximum atomic E-state index is 11.9. The molecule has 3 amide bonds. The molecule has 0 fully saturated rings. The summed E-state index contributed by atoms with van der Waals surface area (Å²) in [4.78, 5) is 35.3. The molecule has 0 saturated heterocycles. The lowest BCUT2D eigenvalue weighted by molar-refractivity contribution is -0.123. The number of hydrogen-bond acceptors (Lipinski definition) is 5. The molecule has 0 unspecified atom stereocenters. The number of hydrogen-bond donors (Lipinski definition) is 2. The number of rotatable bonds is 4.